The van der Waals surface area contributed by atoms with Gasteiger partial charge in [-0.1, -0.05) is 30.3 Å². The highest BCUT2D eigenvalue weighted by Gasteiger charge is 2.10. The van der Waals surface area contributed by atoms with Crippen LogP contribution in [0.5, 0.6) is 0 Å². The third-order valence-corrected chi connectivity index (χ3v) is 4.47. The standard InChI is InChI=1S/C18H26N4OS/c1-3-19-18(20-10-9-17-13-24-14(2)22-17)21-11-16(12-23)15-7-5-4-6-8-15/h4-8,13,16,23H,3,9-12H2,1-2H3,(H2,19,20,21). The van der Waals surface area contributed by atoms with Gasteiger partial charge in [-0.05, 0) is 19.4 Å². The molecule has 3 N–H and O–H groups in total. The summed E-state index contributed by atoms with van der Waals surface area (Å²) in [6.45, 7) is 6.28. The molecule has 2 aromatic rings. The fraction of sp³-hybridized carbons (Fsp3) is 0.444. The number of guanidine groups is 1. The zero-order valence-electron chi connectivity index (χ0n) is 14.3. The highest BCUT2D eigenvalue weighted by molar-refractivity contribution is 7.09. The third-order valence-electron chi connectivity index (χ3n) is 3.65. The molecule has 130 valence electrons. The highest BCUT2D eigenvalue weighted by atomic mass is 32.1. The first-order valence-electron chi connectivity index (χ1n) is 8.32. The number of aryl methyl sites for hydroxylation is 1. The minimum atomic E-state index is 0.0165. The molecule has 5 nitrogen and oxygen atoms in total. The summed E-state index contributed by atoms with van der Waals surface area (Å²) in [4.78, 5) is 9.08. The van der Waals surface area contributed by atoms with E-state index in [9.17, 15) is 5.11 Å². The van der Waals surface area contributed by atoms with Gasteiger partial charge in [-0.15, -0.1) is 11.3 Å². The van der Waals surface area contributed by atoms with E-state index in [0.29, 0.717) is 6.54 Å². The van der Waals surface area contributed by atoms with Crippen LogP contribution in [0.3, 0.4) is 0 Å². The average Bonchev–Trinajstić information content (AvgIpc) is 3.01. The largest absolute Gasteiger partial charge is 0.396 e. The predicted octanol–water partition coefficient (Wildman–Crippen LogP) is 2.33. The molecule has 0 fully saturated rings. The molecule has 0 saturated heterocycles. The van der Waals surface area contributed by atoms with Crippen molar-refractivity contribution in [1.29, 1.82) is 0 Å². The lowest BCUT2D eigenvalue weighted by atomic mass is 10.0. The van der Waals surface area contributed by atoms with Crippen molar-refractivity contribution in [2.45, 2.75) is 26.2 Å². The van der Waals surface area contributed by atoms with Crippen molar-refractivity contribution in [3.63, 3.8) is 0 Å². The molecule has 2 rings (SSSR count). The molecule has 1 atom stereocenters. The van der Waals surface area contributed by atoms with Crippen molar-refractivity contribution in [3.8, 4) is 0 Å². The summed E-state index contributed by atoms with van der Waals surface area (Å²) < 4.78 is 0. The van der Waals surface area contributed by atoms with Crippen LogP contribution >= 0.6 is 11.3 Å². The Kier molecular flexibility index (Phi) is 7.71. The monoisotopic (exact) mass is 346 g/mol. The Hall–Kier alpha value is -1.92. The van der Waals surface area contributed by atoms with Gasteiger partial charge < -0.3 is 15.7 Å². The number of hydrogen-bond donors (Lipinski definition) is 3. The molecule has 0 spiro atoms. The second kappa shape index (κ2) is 10.1. The summed E-state index contributed by atoms with van der Waals surface area (Å²) in [6.07, 6.45) is 0.872. The Labute approximate surface area is 147 Å². The molecular formula is C18H26N4OS. The number of aromatic nitrogens is 1. The first-order chi connectivity index (χ1) is 11.7. The van der Waals surface area contributed by atoms with Gasteiger partial charge in [0.05, 0.1) is 23.9 Å². The van der Waals surface area contributed by atoms with Crippen LogP contribution in [0.2, 0.25) is 0 Å². The highest BCUT2D eigenvalue weighted by Crippen LogP contribution is 2.14. The molecule has 0 saturated carbocycles. The maximum absolute atomic E-state index is 9.63. The molecule has 0 aliphatic heterocycles. The van der Waals surface area contributed by atoms with Gasteiger partial charge >= 0.3 is 0 Å². The summed E-state index contributed by atoms with van der Waals surface area (Å²) >= 11 is 1.68. The van der Waals surface area contributed by atoms with E-state index in [0.717, 1.165) is 41.7 Å². The van der Waals surface area contributed by atoms with Crippen LogP contribution < -0.4 is 10.6 Å². The minimum Gasteiger partial charge on any atom is -0.396 e. The second-order valence-electron chi connectivity index (χ2n) is 5.54. The molecule has 0 amide bonds. The first-order valence-corrected chi connectivity index (χ1v) is 9.20. The summed E-state index contributed by atoms with van der Waals surface area (Å²) in [5, 5.41) is 19.4. The topological polar surface area (TPSA) is 69.5 Å². The predicted molar refractivity (Wildman–Crippen MR) is 101 cm³/mol. The first kappa shape index (κ1) is 18.4. The number of thiazole rings is 1. The van der Waals surface area contributed by atoms with E-state index < -0.39 is 0 Å². The van der Waals surface area contributed by atoms with Gasteiger partial charge in [-0.25, -0.2) is 4.98 Å². The van der Waals surface area contributed by atoms with Crippen molar-refractivity contribution in [2.75, 3.05) is 26.2 Å². The Morgan fingerprint density at radius 1 is 1.29 bits per heavy atom. The minimum absolute atomic E-state index is 0.0165. The van der Waals surface area contributed by atoms with Crippen molar-refractivity contribution in [1.82, 2.24) is 15.6 Å². The van der Waals surface area contributed by atoms with E-state index >= 15 is 0 Å². The van der Waals surface area contributed by atoms with Crippen LogP contribution in [0, 0.1) is 6.92 Å². The van der Waals surface area contributed by atoms with Crippen molar-refractivity contribution in [2.24, 2.45) is 4.99 Å². The maximum atomic E-state index is 9.63. The van der Waals surface area contributed by atoms with Crippen molar-refractivity contribution >= 4 is 17.3 Å². The fourth-order valence-electron chi connectivity index (χ4n) is 2.37. The molecule has 0 aliphatic rings. The molecule has 1 aromatic heterocycles. The number of aliphatic imine (C=N–C) groups is 1. The Bertz CT molecular complexity index is 627. The zero-order chi connectivity index (χ0) is 17.2. The zero-order valence-corrected chi connectivity index (χ0v) is 15.1. The van der Waals surface area contributed by atoms with Crippen LogP contribution in [0.4, 0.5) is 0 Å². The number of rotatable bonds is 8. The van der Waals surface area contributed by atoms with E-state index in [1.165, 1.54) is 0 Å². The van der Waals surface area contributed by atoms with Crippen molar-refractivity contribution < 1.29 is 5.11 Å². The number of nitrogens with one attached hydrogen (secondary N) is 2. The van der Waals surface area contributed by atoms with Gasteiger partial charge in [0.25, 0.3) is 0 Å². The van der Waals surface area contributed by atoms with Gasteiger partial charge in [0.2, 0.25) is 0 Å². The number of aliphatic hydroxyl groups is 1. The lowest BCUT2D eigenvalue weighted by Crippen LogP contribution is -2.38. The number of benzene rings is 1. The molecule has 24 heavy (non-hydrogen) atoms. The van der Waals surface area contributed by atoms with Crippen LogP contribution in [0.1, 0.15) is 29.1 Å². The number of nitrogens with zero attached hydrogens (tertiary/aromatic N) is 2. The van der Waals surface area contributed by atoms with Crippen LogP contribution in [-0.4, -0.2) is 42.3 Å². The molecular weight excluding hydrogens is 320 g/mol. The maximum Gasteiger partial charge on any atom is 0.191 e. The van der Waals surface area contributed by atoms with E-state index in [4.69, 9.17) is 0 Å². The molecule has 0 radical (unpaired) electrons. The normalized spacial score (nSPS) is 12.9. The molecule has 1 heterocycles. The Morgan fingerprint density at radius 3 is 2.71 bits per heavy atom. The average molecular weight is 347 g/mol. The summed E-state index contributed by atoms with van der Waals surface area (Å²) in [7, 11) is 0. The van der Waals surface area contributed by atoms with Gasteiger partial charge in [0.15, 0.2) is 5.96 Å². The lowest BCUT2D eigenvalue weighted by molar-refractivity contribution is 0.268. The summed E-state index contributed by atoms with van der Waals surface area (Å²) in [5.74, 6) is 0.793. The van der Waals surface area contributed by atoms with Crippen LogP contribution in [-0.2, 0) is 6.42 Å². The van der Waals surface area contributed by atoms with Crippen LogP contribution in [0.15, 0.2) is 40.7 Å². The van der Waals surface area contributed by atoms with Gasteiger partial charge in [0.1, 0.15) is 0 Å². The van der Waals surface area contributed by atoms with Gasteiger partial charge in [-0.3, -0.25) is 4.99 Å². The van der Waals surface area contributed by atoms with Crippen molar-refractivity contribution in [3.05, 3.63) is 52.0 Å². The van der Waals surface area contributed by atoms with E-state index in [1.54, 1.807) is 11.3 Å². The van der Waals surface area contributed by atoms with Gasteiger partial charge in [-0.2, -0.15) is 0 Å². The molecule has 1 unspecified atom stereocenters. The van der Waals surface area contributed by atoms with E-state index in [2.05, 4.69) is 26.0 Å². The van der Waals surface area contributed by atoms with Crippen LogP contribution in [0.25, 0.3) is 0 Å². The second-order valence-corrected chi connectivity index (χ2v) is 6.61. The van der Waals surface area contributed by atoms with Gasteiger partial charge in [0, 0.05) is 30.8 Å². The molecule has 0 bridgehead atoms. The lowest BCUT2D eigenvalue weighted by Gasteiger charge is -2.15. The summed E-state index contributed by atoms with van der Waals surface area (Å²) in [5.41, 5.74) is 2.22. The number of aliphatic hydroxyl groups excluding tert-OH is 1. The van der Waals surface area contributed by atoms with E-state index in [1.807, 2.05) is 44.2 Å². The number of hydrogen-bond acceptors (Lipinski definition) is 4. The quantitative estimate of drug-likeness (QED) is 0.507. The third kappa shape index (κ3) is 5.94. The molecule has 0 aliphatic carbocycles. The Morgan fingerprint density at radius 2 is 2.08 bits per heavy atom. The molecule has 6 heteroatoms. The smallest absolute Gasteiger partial charge is 0.191 e. The van der Waals surface area contributed by atoms with E-state index in [-0.39, 0.29) is 12.5 Å². The summed E-state index contributed by atoms with van der Waals surface area (Å²) in [6, 6.07) is 10.0. The molecule has 1 aromatic carbocycles. The Balaban J connectivity index is 1.89. The fourth-order valence-corrected chi connectivity index (χ4v) is 3.02. The SMILES string of the molecule is CCNC(=NCC(CO)c1ccccc1)NCCc1csc(C)n1.